The van der Waals surface area contributed by atoms with Gasteiger partial charge in [-0.1, -0.05) is 0 Å². The molecule has 5 heterocycles. The van der Waals surface area contributed by atoms with E-state index in [1.54, 1.807) is 11.3 Å². The van der Waals surface area contributed by atoms with Gasteiger partial charge in [0.2, 0.25) is 0 Å². The van der Waals surface area contributed by atoms with Gasteiger partial charge in [0.25, 0.3) is 0 Å². The van der Waals surface area contributed by atoms with Crippen molar-refractivity contribution in [1.82, 2.24) is 24.7 Å². The summed E-state index contributed by atoms with van der Waals surface area (Å²) in [7, 11) is 0. The van der Waals surface area contributed by atoms with Crippen LogP contribution in [0.25, 0.3) is 17.0 Å². The van der Waals surface area contributed by atoms with E-state index in [0.29, 0.717) is 6.04 Å². The Morgan fingerprint density at radius 2 is 1.92 bits per heavy atom. The lowest BCUT2D eigenvalue weighted by molar-refractivity contribution is 0.215. The third-order valence-corrected chi connectivity index (χ3v) is 6.09. The highest BCUT2D eigenvalue weighted by Crippen LogP contribution is 2.25. The van der Waals surface area contributed by atoms with Crippen molar-refractivity contribution in [1.29, 1.82) is 0 Å². The number of thiophene rings is 1. The fourth-order valence-electron chi connectivity index (χ4n) is 4.09. The van der Waals surface area contributed by atoms with Gasteiger partial charge in [0, 0.05) is 30.1 Å². The molecule has 0 saturated carbocycles. The van der Waals surface area contributed by atoms with E-state index >= 15 is 0 Å². The van der Waals surface area contributed by atoms with Crippen LogP contribution in [0.1, 0.15) is 25.7 Å². The molecule has 0 N–H and O–H groups in total. The van der Waals surface area contributed by atoms with Crippen molar-refractivity contribution in [3.63, 3.8) is 0 Å². The minimum Gasteiger partial charge on any atom is -0.354 e. The van der Waals surface area contributed by atoms with Gasteiger partial charge in [-0.3, -0.25) is 4.90 Å². The average Bonchev–Trinajstić information content (AvgIpc) is 3.41. The third-order valence-electron chi connectivity index (χ3n) is 5.41. The number of hydrogen-bond donors (Lipinski definition) is 0. The normalized spacial score (nSPS) is 22.1. The highest BCUT2D eigenvalue weighted by Gasteiger charge is 2.28. The number of nitrogens with zero attached hydrogens (tertiary/aromatic N) is 6. The van der Waals surface area contributed by atoms with Crippen LogP contribution in [-0.2, 0) is 0 Å². The van der Waals surface area contributed by atoms with Crippen molar-refractivity contribution in [3.05, 3.63) is 29.0 Å². The molecule has 0 bridgehead atoms. The van der Waals surface area contributed by atoms with E-state index in [1.807, 2.05) is 10.6 Å². The second-order valence-corrected chi connectivity index (χ2v) is 7.76. The van der Waals surface area contributed by atoms with Gasteiger partial charge in [-0.2, -0.15) is 15.9 Å². The summed E-state index contributed by atoms with van der Waals surface area (Å²) in [5, 5.41) is 17.6. The summed E-state index contributed by atoms with van der Waals surface area (Å²) < 4.78 is 1.89. The molecule has 2 aliphatic rings. The molecule has 2 aliphatic heterocycles. The Morgan fingerprint density at radius 3 is 2.76 bits per heavy atom. The van der Waals surface area contributed by atoms with Gasteiger partial charge in [-0.15, -0.1) is 15.3 Å². The van der Waals surface area contributed by atoms with Crippen LogP contribution in [0.3, 0.4) is 0 Å². The minimum atomic E-state index is 0.672. The number of piperidine rings is 1. The third kappa shape index (κ3) is 2.81. The molecule has 0 aliphatic carbocycles. The fraction of sp³-hybridized carbons (Fsp3) is 0.500. The van der Waals surface area contributed by atoms with E-state index in [0.717, 1.165) is 35.9 Å². The predicted octanol–water partition coefficient (Wildman–Crippen LogP) is 2.92. The van der Waals surface area contributed by atoms with Crippen LogP contribution in [0.5, 0.6) is 0 Å². The van der Waals surface area contributed by atoms with Gasteiger partial charge >= 0.3 is 0 Å². The Labute approximate surface area is 151 Å². The number of aromatic nitrogens is 4. The maximum Gasteiger partial charge on any atom is 0.186 e. The second kappa shape index (κ2) is 6.38. The quantitative estimate of drug-likeness (QED) is 0.724. The van der Waals surface area contributed by atoms with Crippen LogP contribution >= 0.6 is 11.3 Å². The SMILES string of the molecule is c1cc(-c2nnc3ccc(N4CCCC(N5CCCC5)C4)nn23)cs1. The molecule has 0 spiro atoms. The van der Waals surface area contributed by atoms with Crippen molar-refractivity contribution < 1.29 is 0 Å². The molecular formula is C18H22N6S. The largest absolute Gasteiger partial charge is 0.354 e. The highest BCUT2D eigenvalue weighted by molar-refractivity contribution is 7.08. The van der Waals surface area contributed by atoms with Crippen molar-refractivity contribution in [3.8, 4) is 11.4 Å². The standard InChI is InChI=1S/C18H22N6S/c1-2-9-22(8-1)15-4-3-10-23(12-15)17-6-5-16-19-20-18(24(16)21-17)14-7-11-25-13-14/h5-7,11,13,15H,1-4,8-10,12H2. The van der Waals surface area contributed by atoms with Gasteiger partial charge in [0.1, 0.15) is 5.82 Å². The number of anilines is 1. The van der Waals surface area contributed by atoms with Crippen molar-refractivity contribution in [2.75, 3.05) is 31.1 Å². The number of likely N-dealkylation sites (tertiary alicyclic amines) is 1. The first-order valence-corrected chi connectivity index (χ1v) is 10.1. The van der Waals surface area contributed by atoms with Gasteiger partial charge in [0.15, 0.2) is 11.5 Å². The molecule has 0 radical (unpaired) electrons. The maximum absolute atomic E-state index is 4.88. The van der Waals surface area contributed by atoms with Crippen LogP contribution in [0.15, 0.2) is 29.0 Å². The fourth-order valence-corrected chi connectivity index (χ4v) is 4.72. The molecule has 130 valence electrons. The molecule has 0 aromatic carbocycles. The summed E-state index contributed by atoms with van der Waals surface area (Å²) in [5.74, 6) is 1.86. The smallest absolute Gasteiger partial charge is 0.186 e. The van der Waals surface area contributed by atoms with Gasteiger partial charge in [-0.05, 0) is 62.4 Å². The van der Waals surface area contributed by atoms with Crippen LogP contribution in [0.2, 0.25) is 0 Å². The molecule has 3 aromatic rings. The lowest BCUT2D eigenvalue weighted by Crippen LogP contribution is -2.47. The molecule has 2 fully saturated rings. The Balaban J connectivity index is 1.45. The zero-order valence-corrected chi connectivity index (χ0v) is 15.0. The van der Waals surface area contributed by atoms with Crippen LogP contribution in [0, 0.1) is 0 Å². The Hall–Kier alpha value is -1.99. The van der Waals surface area contributed by atoms with E-state index in [9.17, 15) is 0 Å². The average molecular weight is 354 g/mol. The predicted molar refractivity (Wildman–Crippen MR) is 100 cm³/mol. The summed E-state index contributed by atoms with van der Waals surface area (Å²) in [6.45, 7) is 4.69. The van der Waals surface area contributed by atoms with Gasteiger partial charge < -0.3 is 4.90 Å². The number of fused-ring (bicyclic) bond motifs is 1. The topological polar surface area (TPSA) is 49.6 Å². The van der Waals surface area contributed by atoms with E-state index in [-0.39, 0.29) is 0 Å². The molecular weight excluding hydrogens is 332 g/mol. The first-order valence-electron chi connectivity index (χ1n) is 9.12. The highest BCUT2D eigenvalue weighted by atomic mass is 32.1. The zero-order chi connectivity index (χ0) is 16.6. The maximum atomic E-state index is 4.88. The Bertz CT molecular complexity index is 852. The van der Waals surface area contributed by atoms with Crippen LogP contribution in [0.4, 0.5) is 5.82 Å². The molecule has 5 rings (SSSR count). The number of rotatable bonds is 3. The molecule has 1 unspecified atom stereocenters. The molecule has 1 atom stereocenters. The summed E-state index contributed by atoms with van der Waals surface area (Å²) in [6, 6.07) is 6.86. The minimum absolute atomic E-state index is 0.672. The monoisotopic (exact) mass is 354 g/mol. The number of hydrogen-bond acceptors (Lipinski definition) is 6. The molecule has 0 amide bonds. The van der Waals surface area contributed by atoms with E-state index in [4.69, 9.17) is 5.10 Å². The molecule has 25 heavy (non-hydrogen) atoms. The van der Waals surface area contributed by atoms with Gasteiger partial charge in [0.05, 0.1) is 0 Å². The first kappa shape index (κ1) is 15.3. The molecule has 7 heteroatoms. The van der Waals surface area contributed by atoms with E-state index in [1.165, 1.54) is 38.8 Å². The van der Waals surface area contributed by atoms with Crippen LogP contribution in [-0.4, -0.2) is 56.9 Å². The van der Waals surface area contributed by atoms with E-state index in [2.05, 4.69) is 42.9 Å². The lowest BCUT2D eigenvalue weighted by atomic mass is 10.0. The zero-order valence-electron chi connectivity index (χ0n) is 14.2. The van der Waals surface area contributed by atoms with Crippen molar-refractivity contribution >= 4 is 22.8 Å². The molecule has 6 nitrogen and oxygen atoms in total. The molecule has 2 saturated heterocycles. The molecule has 3 aromatic heterocycles. The van der Waals surface area contributed by atoms with Crippen molar-refractivity contribution in [2.45, 2.75) is 31.7 Å². The van der Waals surface area contributed by atoms with E-state index < -0.39 is 0 Å². The van der Waals surface area contributed by atoms with Gasteiger partial charge in [-0.25, -0.2) is 0 Å². The summed E-state index contributed by atoms with van der Waals surface area (Å²) >= 11 is 1.67. The summed E-state index contributed by atoms with van der Waals surface area (Å²) in [4.78, 5) is 5.10. The second-order valence-electron chi connectivity index (χ2n) is 6.98. The lowest BCUT2D eigenvalue weighted by Gasteiger charge is -2.38. The Kier molecular flexibility index (Phi) is 3.90. The Morgan fingerprint density at radius 1 is 1.00 bits per heavy atom. The summed E-state index contributed by atoms with van der Waals surface area (Å²) in [5.41, 5.74) is 1.88. The van der Waals surface area contributed by atoms with Crippen molar-refractivity contribution in [2.24, 2.45) is 0 Å². The first-order chi connectivity index (χ1) is 12.4. The summed E-state index contributed by atoms with van der Waals surface area (Å²) in [6.07, 6.45) is 5.25. The van der Waals surface area contributed by atoms with Crippen LogP contribution < -0.4 is 4.90 Å².